The summed E-state index contributed by atoms with van der Waals surface area (Å²) in [6, 6.07) is 10.5. The van der Waals surface area contributed by atoms with Crippen LogP contribution in [-0.4, -0.2) is 20.0 Å². The van der Waals surface area contributed by atoms with E-state index in [1.165, 1.54) is 6.92 Å². The fourth-order valence-electron chi connectivity index (χ4n) is 1.82. The first-order valence-corrected chi connectivity index (χ1v) is 7.04. The predicted molar refractivity (Wildman–Crippen MR) is 83.8 cm³/mol. The number of ether oxygens (including phenoxy) is 3. The number of methoxy groups -OCH3 is 2. The van der Waals surface area contributed by atoms with Gasteiger partial charge in [-0.25, -0.2) is 0 Å². The van der Waals surface area contributed by atoms with E-state index < -0.39 is 0 Å². The van der Waals surface area contributed by atoms with Gasteiger partial charge in [-0.3, -0.25) is 4.79 Å². The largest absolute Gasteiger partial charge is 0.496 e. The van der Waals surface area contributed by atoms with Gasteiger partial charge in [0.1, 0.15) is 23.0 Å². The molecule has 2 aromatic rings. The van der Waals surface area contributed by atoms with E-state index in [9.17, 15) is 4.79 Å². The minimum Gasteiger partial charge on any atom is -0.496 e. The van der Waals surface area contributed by atoms with Gasteiger partial charge < -0.3 is 14.2 Å². The molecule has 0 aliphatic rings. The molecule has 0 atom stereocenters. The van der Waals surface area contributed by atoms with Gasteiger partial charge >= 0.3 is 0 Å². The smallest absolute Gasteiger partial charge is 0.160 e. The molecular formula is C16H15BrO4. The van der Waals surface area contributed by atoms with Crippen molar-refractivity contribution in [1.82, 2.24) is 0 Å². The second kappa shape index (κ2) is 6.63. The standard InChI is InChI=1S/C16H15BrO4/c1-10(18)15-5-4-11(9-16(15)17)21-14-7-12(19-2)6-13(8-14)20-3/h4-9H,1-3H3. The first-order chi connectivity index (χ1) is 10.0. The SMILES string of the molecule is COc1cc(OC)cc(Oc2ccc(C(C)=O)c(Br)c2)c1. The second-order valence-corrected chi connectivity index (χ2v) is 5.20. The van der Waals surface area contributed by atoms with Crippen molar-refractivity contribution in [3.8, 4) is 23.0 Å². The van der Waals surface area contributed by atoms with Gasteiger partial charge in [0.2, 0.25) is 0 Å². The molecule has 5 heteroatoms. The molecule has 0 aliphatic heterocycles. The summed E-state index contributed by atoms with van der Waals surface area (Å²) in [6.07, 6.45) is 0. The first-order valence-electron chi connectivity index (χ1n) is 6.25. The third-order valence-corrected chi connectivity index (χ3v) is 3.54. The quantitative estimate of drug-likeness (QED) is 0.746. The maximum Gasteiger partial charge on any atom is 0.160 e. The molecule has 4 nitrogen and oxygen atoms in total. The van der Waals surface area contributed by atoms with Crippen molar-refractivity contribution in [1.29, 1.82) is 0 Å². The Labute approximate surface area is 131 Å². The molecule has 0 saturated heterocycles. The number of hydrogen-bond donors (Lipinski definition) is 0. The van der Waals surface area contributed by atoms with E-state index in [2.05, 4.69) is 15.9 Å². The topological polar surface area (TPSA) is 44.8 Å². The number of ketones is 1. The zero-order valence-corrected chi connectivity index (χ0v) is 13.6. The van der Waals surface area contributed by atoms with Gasteiger partial charge in [0.25, 0.3) is 0 Å². The summed E-state index contributed by atoms with van der Waals surface area (Å²) in [7, 11) is 3.16. The van der Waals surface area contributed by atoms with E-state index in [0.717, 1.165) is 0 Å². The lowest BCUT2D eigenvalue weighted by atomic mass is 10.1. The molecule has 2 rings (SSSR count). The van der Waals surface area contributed by atoms with E-state index in [4.69, 9.17) is 14.2 Å². The molecule has 0 bridgehead atoms. The average Bonchev–Trinajstić information content (AvgIpc) is 2.46. The summed E-state index contributed by atoms with van der Waals surface area (Å²) in [5, 5.41) is 0. The van der Waals surface area contributed by atoms with E-state index >= 15 is 0 Å². The van der Waals surface area contributed by atoms with Crippen LogP contribution < -0.4 is 14.2 Å². The Bertz CT molecular complexity index is 645. The summed E-state index contributed by atoms with van der Waals surface area (Å²) in [5.41, 5.74) is 0.616. The first kappa shape index (κ1) is 15.4. The Morgan fingerprint density at radius 2 is 1.48 bits per heavy atom. The van der Waals surface area contributed by atoms with Crippen molar-refractivity contribution in [2.45, 2.75) is 6.92 Å². The molecule has 0 aromatic heterocycles. The van der Waals surface area contributed by atoms with Crippen molar-refractivity contribution < 1.29 is 19.0 Å². The van der Waals surface area contributed by atoms with Crippen LogP contribution in [0, 0.1) is 0 Å². The van der Waals surface area contributed by atoms with E-state index in [0.29, 0.717) is 33.0 Å². The molecule has 0 amide bonds. The number of hydrogen-bond acceptors (Lipinski definition) is 4. The van der Waals surface area contributed by atoms with Crippen molar-refractivity contribution in [2.24, 2.45) is 0 Å². The van der Waals surface area contributed by atoms with E-state index in [1.807, 2.05) is 0 Å². The summed E-state index contributed by atoms with van der Waals surface area (Å²) in [4.78, 5) is 11.4. The average molecular weight is 351 g/mol. The van der Waals surface area contributed by atoms with Crippen LogP contribution in [0.15, 0.2) is 40.9 Å². The van der Waals surface area contributed by atoms with Gasteiger partial charge in [-0.15, -0.1) is 0 Å². The monoisotopic (exact) mass is 350 g/mol. The lowest BCUT2D eigenvalue weighted by molar-refractivity contribution is 0.101. The van der Waals surface area contributed by atoms with Crippen molar-refractivity contribution in [2.75, 3.05) is 14.2 Å². The Morgan fingerprint density at radius 1 is 0.905 bits per heavy atom. The zero-order valence-electron chi connectivity index (χ0n) is 12.0. The molecule has 0 saturated carbocycles. The van der Waals surface area contributed by atoms with Gasteiger partial charge in [0.15, 0.2) is 5.78 Å². The molecule has 0 N–H and O–H groups in total. The number of benzene rings is 2. The van der Waals surface area contributed by atoms with Crippen LogP contribution in [0.2, 0.25) is 0 Å². The number of rotatable bonds is 5. The van der Waals surface area contributed by atoms with Crippen molar-refractivity contribution >= 4 is 21.7 Å². The van der Waals surface area contributed by atoms with Gasteiger partial charge in [-0.2, -0.15) is 0 Å². The van der Waals surface area contributed by atoms with Crippen LogP contribution in [-0.2, 0) is 0 Å². The highest BCUT2D eigenvalue weighted by Gasteiger charge is 2.08. The molecule has 0 radical (unpaired) electrons. The second-order valence-electron chi connectivity index (χ2n) is 4.35. The van der Waals surface area contributed by atoms with Crippen LogP contribution in [0.5, 0.6) is 23.0 Å². The number of carbonyl (C=O) groups is 1. The number of halogens is 1. The Kier molecular flexibility index (Phi) is 4.85. The predicted octanol–water partition coefficient (Wildman–Crippen LogP) is 4.46. The summed E-state index contributed by atoms with van der Waals surface area (Å²) >= 11 is 3.37. The van der Waals surface area contributed by atoms with Crippen molar-refractivity contribution in [3.63, 3.8) is 0 Å². The van der Waals surface area contributed by atoms with Crippen LogP contribution >= 0.6 is 15.9 Å². The lowest BCUT2D eigenvalue weighted by Crippen LogP contribution is -1.94. The Balaban J connectivity index is 2.29. The minimum atomic E-state index is -0.00326. The Hall–Kier alpha value is -2.01. The highest BCUT2D eigenvalue weighted by Crippen LogP contribution is 2.32. The van der Waals surface area contributed by atoms with E-state index in [1.54, 1.807) is 50.6 Å². The van der Waals surface area contributed by atoms with Gasteiger partial charge in [0.05, 0.1) is 14.2 Å². The zero-order chi connectivity index (χ0) is 15.4. The molecule has 0 heterocycles. The third kappa shape index (κ3) is 3.76. The highest BCUT2D eigenvalue weighted by molar-refractivity contribution is 9.10. The Morgan fingerprint density at radius 3 is 1.95 bits per heavy atom. The van der Waals surface area contributed by atoms with E-state index in [-0.39, 0.29) is 5.78 Å². The molecule has 0 fully saturated rings. The normalized spacial score (nSPS) is 10.1. The van der Waals surface area contributed by atoms with Gasteiger partial charge in [-0.1, -0.05) is 0 Å². The maximum absolute atomic E-state index is 11.4. The summed E-state index contributed by atoms with van der Waals surface area (Å²) < 4.78 is 16.9. The number of carbonyl (C=O) groups excluding carboxylic acids is 1. The fraction of sp³-hybridized carbons (Fsp3) is 0.188. The molecular weight excluding hydrogens is 336 g/mol. The molecule has 0 unspecified atom stereocenters. The van der Waals surface area contributed by atoms with Crippen LogP contribution in [0.4, 0.5) is 0 Å². The molecule has 0 aliphatic carbocycles. The minimum absolute atomic E-state index is 0.00326. The maximum atomic E-state index is 11.4. The van der Waals surface area contributed by atoms with Crippen molar-refractivity contribution in [3.05, 3.63) is 46.4 Å². The number of Topliss-reactive ketones (excluding diaryl/α,β-unsaturated/α-hetero) is 1. The third-order valence-electron chi connectivity index (χ3n) is 2.88. The molecule has 2 aromatic carbocycles. The van der Waals surface area contributed by atoms with Crippen LogP contribution in [0.3, 0.4) is 0 Å². The fourth-order valence-corrected chi connectivity index (χ4v) is 2.46. The van der Waals surface area contributed by atoms with Gasteiger partial charge in [0, 0.05) is 28.2 Å². The van der Waals surface area contributed by atoms with Crippen LogP contribution in [0.25, 0.3) is 0 Å². The highest BCUT2D eigenvalue weighted by atomic mass is 79.9. The molecule has 21 heavy (non-hydrogen) atoms. The lowest BCUT2D eigenvalue weighted by Gasteiger charge is -2.11. The van der Waals surface area contributed by atoms with Gasteiger partial charge in [-0.05, 0) is 41.1 Å². The summed E-state index contributed by atoms with van der Waals surface area (Å²) in [5.74, 6) is 2.49. The molecule has 110 valence electrons. The molecule has 0 spiro atoms. The summed E-state index contributed by atoms with van der Waals surface area (Å²) in [6.45, 7) is 1.52. The van der Waals surface area contributed by atoms with Crippen LogP contribution in [0.1, 0.15) is 17.3 Å².